The molecule has 1 aromatic rings. The molecule has 0 saturated heterocycles. The van der Waals surface area contributed by atoms with Crippen LogP contribution in [-0.2, 0) is 4.74 Å². The first-order chi connectivity index (χ1) is 10.1. The molecular formula is C16H22N2O3. The van der Waals surface area contributed by atoms with E-state index < -0.39 is 0 Å². The number of carbonyl (C=O) groups is 1. The Kier molecular flexibility index (Phi) is 7.44. The van der Waals surface area contributed by atoms with Gasteiger partial charge in [0, 0.05) is 19.0 Å². The average Bonchev–Trinajstić information content (AvgIpc) is 2.49. The van der Waals surface area contributed by atoms with Crippen molar-refractivity contribution in [3.63, 3.8) is 0 Å². The summed E-state index contributed by atoms with van der Waals surface area (Å²) in [6.45, 7) is 6.82. The molecule has 1 aromatic heterocycles. The highest BCUT2D eigenvalue weighted by Gasteiger charge is 2.18. The molecular weight excluding hydrogens is 268 g/mol. The minimum Gasteiger partial charge on any atom is -0.384 e. The Labute approximate surface area is 125 Å². The monoisotopic (exact) mass is 290 g/mol. The first-order valence-corrected chi connectivity index (χ1v) is 7.02. The number of nitrogens with one attached hydrogen (secondary N) is 1. The fourth-order valence-corrected chi connectivity index (χ4v) is 1.72. The van der Waals surface area contributed by atoms with Crippen molar-refractivity contribution in [2.24, 2.45) is 5.92 Å². The second-order valence-electron chi connectivity index (χ2n) is 4.86. The van der Waals surface area contributed by atoms with Crippen LogP contribution < -0.4 is 5.32 Å². The summed E-state index contributed by atoms with van der Waals surface area (Å²) >= 11 is 0. The Morgan fingerprint density at radius 3 is 2.90 bits per heavy atom. The summed E-state index contributed by atoms with van der Waals surface area (Å²) in [5.41, 5.74) is 0.955. The third-order valence-corrected chi connectivity index (χ3v) is 2.99. The molecule has 1 heterocycles. The average molecular weight is 290 g/mol. The predicted octanol–water partition coefficient (Wildman–Crippen LogP) is 1.22. The largest absolute Gasteiger partial charge is 0.384 e. The SMILES string of the molecule is CCOCC(NC(=O)c1ccncc1C#CCO)C(C)C. The van der Waals surface area contributed by atoms with Crippen molar-refractivity contribution in [1.82, 2.24) is 10.3 Å². The Morgan fingerprint density at radius 1 is 1.52 bits per heavy atom. The third-order valence-electron chi connectivity index (χ3n) is 2.99. The van der Waals surface area contributed by atoms with E-state index in [1.54, 1.807) is 12.3 Å². The highest BCUT2D eigenvalue weighted by atomic mass is 16.5. The lowest BCUT2D eigenvalue weighted by Crippen LogP contribution is -2.42. The molecule has 0 spiro atoms. The van der Waals surface area contributed by atoms with E-state index in [0.29, 0.717) is 24.3 Å². The van der Waals surface area contributed by atoms with Crippen LogP contribution in [0.1, 0.15) is 36.7 Å². The molecule has 0 bridgehead atoms. The Bertz CT molecular complexity index is 518. The van der Waals surface area contributed by atoms with Gasteiger partial charge in [0.15, 0.2) is 0 Å². The van der Waals surface area contributed by atoms with E-state index in [4.69, 9.17) is 9.84 Å². The van der Waals surface area contributed by atoms with E-state index in [9.17, 15) is 4.79 Å². The topological polar surface area (TPSA) is 71.5 Å². The summed E-state index contributed by atoms with van der Waals surface area (Å²) < 4.78 is 5.40. The number of ether oxygens (including phenoxy) is 1. The molecule has 0 radical (unpaired) electrons. The molecule has 1 amide bonds. The maximum atomic E-state index is 12.4. The highest BCUT2D eigenvalue weighted by molar-refractivity contribution is 5.96. The lowest BCUT2D eigenvalue weighted by atomic mass is 10.0. The Hall–Kier alpha value is -1.90. The third kappa shape index (κ3) is 5.54. The normalized spacial score (nSPS) is 11.7. The Morgan fingerprint density at radius 2 is 2.29 bits per heavy atom. The van der Waals surface area contributed by atoms with Crippen LogP contribution in [0.5, 0.6) is 0 Å². The maximum absolute atomic E-state index is 12.4. The number of aromatic nitrogens is 1. The summed E-state index contributed by atoms with van der Waals surface area (Å²) in [5, 5.41) is 11.7. The number of rotatable bonds is 6. The van der Waals surface area contributed by atoms with Gasteiger partial charge in [-0.05, 0) is 18.9 Å². The molecule has 0 aliphatic carbocycles. The van der Waals surface area contributed by atoms with Gasteiger partial charge in [-0.15, -0.1) is 0 Å². The lowest BCUT2D eigenvalue weighted by molar-refractivity contribution is 0.0806. The zero-order chi connectivity index (χ0) is 15.7. The van der Waals surface area contributed by atoms with Crippen molar-refractivity contribution in [2.45, 2.75) is 26.8 Å². The van der Waals surface area contributed by atoms with Gasteiger partial charge in [-0.1, -0.05) is 25.7 Å². The van der Waals surface area contributed by atoms with E-state index >= 15 is 0 Å². The molecule has 2 N–H and O–H groups in total. The second kappa shape index (κ2) is 9.11. The van der Waals surface area contributed by atoms with Crippen LogP contribution in [0.4, 0.5) is 0 Å². The zero-order valence-corrected chi connectivity index (χ0v) is 12.7. The fraction of sp³-hybridized carbons (Fsp3) is 0.500. The summed E-state index contributed by atoms with van der Waals surface area (Å²) in [7, 11) is 0. The van der Waals surface area contributed by atoms with Crippen molar-refractivity contribution in [3.8, 4) is 11.8 Å². The van der Waals surface area contributed by atoms with Gasteiger partial charge >= 0.3 is 0 Å². The molecule has 0 aliphatic heterocycles. The van der Waals surface area contributed by atoms with E-state index in [1.165, 1.54) is 6.20 Å². The number of nitrogens with zero attached hydrogens (tertiary/aromatic N) is 1. The van der Waals surface area contributed by atoms with Crippen molar-refractivity contribution >= 4 is 5.91 Å². The quantitative estimate of drug-likeness (QED) is 0.773. The van der Waals surface area contributed by atoms with Crippen LogP contribution in [0.15, 0.2) is 18.5 Å². The number of hydrogen-bond acceptors (Lipinski definition) is 4. The number of pyridine rings is 1. The van der Waals surface area contributed by atoms with Gasteiger partial charge in [0.05, 0.1) is 23.8 Å². The van der Waals surface area contributed by atoms with Crippen LogP contribution in [0.25, 0.3) is 0 Å². The van der Waals surface area contributed by atoms with Gasteiger partial charge in [0.2, 0.25) is 0 Å². The molecule has 0 saturated carbocycles. The van der Waals surface area contributed by atoms with Crippen LogP contribution in [-0.4, -0.2) is 41.9 Å². The van der Waals surface area contributed by atoms with Gasteiger partial charge in [-0.25, -0.2) is 0 Å². The highest BCUT2D eigenvalue weighted by Crippen LogP contribution is 2.08. The van der Waals surface area contributed by atoms with Gasteiger partial charge in [-0.3, -0.25) is 9.78 Å². The van der Waals surface area contributed by atoms with E-state index in [1.807, 2.05) is 20.8 Å². The van der Waals surface area contributed by atoms with Crippen LogP contribution >= 0.6 is 0 Å². The summed E-state index contributed by atoms with van der Waals surface area (Å²) in [6.07, 6.45) is 3.07. The van der Waals surface area contributed by atoms with Crippen molar-refractivity contribution < 1.29 is 14.6 Å². The van der Waals surface area contributed by atoms with Gasteiger partial charge in [-0.2, -0.15) is 0 Å². The molecule has 0 fully saturated rings. The minimum atomic E-state index is -0.255. The van der Waals surface area contributed by atoms with Crippen molar-refractivity contribution in [2.75, 3.05) is 19.8 Å². The Balaban J connectivity index is 2.87. The molecule has 5 heteroatoms. The molecule has 1 rings (SSSR count). The van der Waals surface area contributed by atoms with Gasteiger partial charge in [0.25, 0.3) is 5.91 Å². The van der Waals surface area contributed by atoms with E-state index in [-0.39, 0.29) is 24.5 Å². The maximum Gasteiger partial charge on any atom is 0.252 e. The molecule has 21 heavy (non-hydrogen) atoms. The number of aliphatic hydroxyl groups is 1. The van der Waals surface area contributed by atoms with Crippen LogP contribution in [0.3, 0.4) is 0 Å². The predicted molar refractivity (Wildman–Crippen MR) is 80.8 cm³/mol. The number of amides is 1. The molecule has 1 unspecified atom stereocenters. The summed E-state index contributed by atoms with van der Waals surface area (Å²) in [4.78, 5) is 16.3. The van der Waals surface area contributed by atoms with Gasteiger partial charge < -0.3 is 15.2 Å². The van der Waals surface area contributed by atoms with Crippen LogP contribution in [0, 0.1) is 17.8 Å². The zero-order valence-electron chi connectivity index (χ0n) is 12.7. The molecule has 5 nitrogen and oxygen atoms in total. The molecule has 0 aliphatic rings. The van der Waals surface area contributed by atoms with Gasteiger partial charge in [0.1, 0.15) is 6.61 Å². The molecule has 1 atom stereocenters. The van der Waals surface area contributed by atoms with Crippen molar-refractivity contribution in [3.05, 3.63) is 29.6 Å². The molecule has 114 valence electrons. The smallest absolute Gasteiger partial charge is 0.252 e. The number of aliphatic hydroxyl groups excluding tert-OH is 1. The fourth-order valence-electron chi connectivity index (χ4n) is 1.72. The van der Waals surface area contributed by atoms with E-state index in [0.717, 1.165) is 0 Å². The van der Waals surface area contributed by atoms with Crippen molar-refractivity contribution in [1.29, 1.82) is 0 Å². The first-order valence-electron chi connectivity index (χ1n) is 7.02. The summed E-state index contributed by atoms with van der Waals surface area (Å²) in [6, 6.07) is 1.55. The lowest BCUT2D eigenvalue weighted by Gasteiger charge is -2.22. The van der Waals surface area contributed by atoms with Crippen LogP contribution in [0.2, 0.25) is 0 Å². The van der Waals surface area contributed by atoms with E-state index in [2.05, 4.69) is 22.1 Å². The molecule has 0 aromatic carbocycles. The minimum absolute atomic E-state index is 0.0655. The number of carbonyl (C=O) groups excluding carboxylic acids is 1. The number of hydrogen-bond donors (Lipinski definition) is 2. The first kappa shape index (κ1) is 17.2. The standard InChI is InChI=1S/C16H22N2O3/c1-4-21-11-15(12(2)3)18-16(20)14-7-8-17-10-13(14)6-5-9-19/h7-8,10,12,15,19H,4,9,11H2,1-3H3,(H,18,20). The summed E-state index contributed by atoms with van der Waals surface area (Å²) in [5.74, 6) is 5.31. The second-order valence-corrected chi connectivity index (χ2v) is 4.86.